The number of phenols is 1. The Labute approximate surface area is 184 Å². The van der Waals surface area contributed by atoms with E-state index in [0.717, 1.165) is 30.1 Å². The molecule has 0 aromatic heterocycles. The average molecular weight is 425 g/mol. The molecule has 0 aliphatic heterocycles. The SMILES string of the molecule is C.COc1ccc(Nc2ccc(CCNCC(O)c3ccc(O)c(CO)c3)cc2)cc1. The Balaban J connectivity index is 0.00000341. The Morgan fingerprint density at radius 1 is 0.935 bits per heavy atom. The number of aliphatic hydroxyl groups excluding tert-OH is 2. The zero-order valence-electron chi connectivity index (χ0n) is 17.0. The number of aliphatic hydroxyl groups is 2. The van der Waals surface area contributed by atoms with Crippen molar-refractivity contribution in [1.82, 2.24) is 5.32 Å². The molecule has 0 bridgehead atoms. The number of nitrogens with one attached hydrogen (secondary N) is 2. The van der Waals surface area contributed by atoms with E-state index in [4.69, 9.17) is 4.74 Å². The molecule has 0 radical (unpaired) electrons. The van der Waals surface area contributed by atoms with Gasteiger partial charge in [-0.1, -0.05) is 25.6 Å². The first kappa shape index (κ1) is 24.2. The Bertz CT molecular complexity index is 927. The van der Waals surface area contributed by atoms with Crippen LogP contribution in [0.15, 0.2) is 66.7 Å². The second-order valence-electron chi connectivity index (χ2n) is 7.07. The minimum absolute atomic E-state index is 0. The fourth-order valence-corrected chi connectivity index (χ4v) is 3.12. The molecule has 6 nitrogen and oxygen atoms in total. The molecule has 3 aromatic carbocycles. The molecule has 1 unspecified atom stereocenters. The monoisotopic (exact) mass is 424 g/mol. The van der Waals surface area contributed by atoms with E-state index in [0.29, 0.717) is 17.7 Å². The van der Waals surface area contributed by atoms with Gasteiger partial charge in [0.1, 0.15) is 11.5 Å². The quantitative estimate of drug-likeness (QED) is 0.314. The number of methoxy groups -OCH3 is 1. The van der Waals surface area contributed by atoms with Gasteiger partial charge >= 0.3 is 0 Å². The standard InChI is InChI=1S/C24H28N2O4.CH4/c1-30-22-9-7-21(8-10-22)26-20-5-2-17(3-6-20)12-13-25-15-24(29)18-4-11-23(28)19(14-18)16-27;/h2-11,14,24-29H,12-13,15-16H2,1H3;1H4. The third-order valence-electron chi connectivity index (χ3n) is 4.92. The van der Waals surface area contributed by atoms with Gasteiger partial charge < -0.3 is 30.7 Å². The predicted molar refractivity (Wildman–Crippen MR) is 125 cm³/mol. The van der Waals surface area contributed by atoms with E-state index < -0.39 is 6.10 Å². The van der Waals surface area contributed by atoms with Crippen LogP contribution in [0, 0.1) is 0 Å². The van der Waals surface area contributed by atoms with E-state index in [1.807, 2.05) is 36.4 Å². The van der Waals surface area contributed by atoms with Gasteiger partial charge in [-0.05, 0) is 72.6 Å². The lowest BCUT2D eigenvalue weighted by Gasteiger charge is -2.14. The van der Waals surface area contributed by atoms with Crippen LogP contribution < -0.4 is 15.4 Å². The summed E-state index contributed by atoms with van der Waals surface area (Å²) in [5, 5.41) is 35.7. The van der Waals surface area contributed by atoms with E-state index in [1.54, 1.807) is 19.2 Å². The Kier molecular flexibility index (Phi) is 9.34. The number of hydrogen-bond donors (Lipinski definition) is 5. The molecule has 1 atom stereocenters. The van der Waals surface area contributed by atoms with Gasteiger partial charge in [0.2, 0.25) is 0 Å². The van der Waals surface area contributed by atoms with Crippen molar-refractivity contribution in [2.45, 2.75) is 26.6 Å². The van der Waals surface area contributed by atoms with Crippen LogP contribution in [0.5, 0.6) is 11.5 Å². The molecule has 0 spiro atoms. The fourth-order valence-electron chi connectivity index (χ4n) is 3.12. The maximum absolute atomic E-state index is 10.3. The summed E-state index contributed by atoms with van der Waals surface area (Å²) in [7, 11) is 1.65. The minimum Gasteiger partial charge on any atom is -0.508 e. The largest absolute Gasteiger partial charge is 0.508 e. The van der Waals surface area contributed by atoms with Crippen molar-refractivity contribution in [3.8, 4) is 11.5 Å². The number of benzene rings is 3. The molecule has 0 amide bonds. The van der Waals surface area contributed by atoms with Gasteiger partial charge in [0.25, 0.3) is 0 Å². The van der Waals surface area contributed by atoms with Crippen molar-refractivity contribution >= 4 is 11.4 Å². The maximum atomic E-state index is 10.3. The van der Waals surface area contributed by atoms with Crippen LogP contribution in [-0.2, 0) is 13.0 Å². The molecule has 0 aliphatic rings. The Morgan fingerprint density at radius 3 is 2.19 bits per heavy atom. The van der Waals surface area contributed by atoms with Crippen molar-refractivity contribution < 1.29 is 20.1 Å². The van der Waals surface area contributed by atoms with E-state index in [1.165, 1.54) is 11.6 Å². The van der Waals surface area contributed by atoms with Crippen molar-refractivity contribution in [3.05, 3.63) is 83.4 Å². The summed E-state index contributed by atoms with van der Waals surface area (Å²) in [5.41, 5.74) is 4.29. The van der Waals surface area contributed by atoms with Gasteiger partial charge in [0, 0.05) is 23.5 Å². The zero-order valence-corrected chi connectivity index (χ0v) is 17.0. The minimum atomic E-state index is -0.702. The molecule has 0 aliphatic carbocycles. The van der Waals surface area contributed by atoms with Gasteiger partial charge in [-0.3, -0.25) is 0 Å². The van der Waals surface area contributed by atoms with Crippen LogP contribution in [-0.4, -0.2) is 35.5 Å². The first-order valence-corrected chi connectivity index (χ1v) is 9.90. The summed E-state index contributed by atoms with van der Waals surface area (Å²) in [6.07, 6.45) is 0.138. The first-order valence-electron chi connectivity index (χ1n) is 9.90. The maximum Gasteiger partial charge on any atom is 0.121 e. The van der Waals surface area contributed by atoms with Crippen molar-refractivity contribution in [3.63, 3.8) is 0 Å². The molecule has 5 N–H and O–H groups in total. The van der Waals surface area contributed by atoms with E-state index >= 15 is 0 Å². The number of anilines is 2. The molecular formula is C25H32N2O4. The van der Waals surface area contributed by atoms with Gasteiger partial charge in [-0.15, -0.1) is 0 Å². The van der Waals surface area contributed by atoms with Gasteiger partial charge in [-0.25, -0.2) is 0 Å². The first-order chi connectivity index (χ1) is 14.6. The highest BCUT2D eigenvalue weighted by atomic mass is 16.5. The molecular weight excluding hydrogens is 392 g/mol. The molecule has 0 fully saturated rings. The highest BCUT2D eigenvalue weighted by Gasteiger charge is 2.10. The molecule has 3 rings (SSSR count). The normalized spacial score (nSPS) is 11.5. The van der Waals surface area contributed by atoms with Crippen LogP contribution in [0.1, 0.15) is 30.2 Å². The third-order valence-corrected chi connectivity index (χ3v) is 4.92. The number of ether oxygens (including phenoxy) is 1. The highest BCUT2D eigenvalue weighted by molar-refractivity contribution is 5.60. The lowest BCUT2D eigenvalue weighted by Crippen LogP contribution is -2.23. The summed E-state index contributed by atoms with van der Waals surface area (Å²) in [4.78, 5) is 0. The molecule has 0 saturated carbocycles. The zero-order chi connectivity index (χ0) is 21.3. The average Bonchev–Trinajstić information content (AvgIpc) is 2.78. The van der Waals surface area contributed by atoms with Crippen molar-refractivity contribution in [1.29, 1.82) is 0 Å². The topological polar surface area (TPSA) is 94.0 Å². The fraction of sp³-hybridized carbons (Fsp3) is 0.280. The second-order valence-corrected chi connectivity index (χ2v) is 7.07. The van der Waals surface area contributed by atoms with Crippen LogP contribution in [0.2, 0.25) is 0 Å². The predicted octanol–water partition coefficient (Wildman–Crippen LogP) is 4.14. The summed E-state index contributed by atoms with van der Waals surface area (Å²) in [6, 6.07) is 20.8. The number of aromatic hydroxyl groups is 1. The summed E-state index contributed by atoms with van der Waals surface area (Å²) in [5.74, 6) is 0.860. The van der Waals surface area contributed by atoms with Crippen LogP contribution in [0.4, 0.5) is 11.4 Å². The van der Waals surface area contributed by atoms with E-state index in [-0.39, 0.29) is 19.8 Å². The summed E-state index contributed by atoms with van der Waals surface area (Å²) in [6.45, 7) is 0.864. The highest BCUT2D eigenvalue weighted by Crippen LogP contribution is 2.22. The van der Waals surface area contributed by atoms with Crippen molar-refractivity contribution in [2.75, 3.05) is 25.5 Å². The van der Waals surface area contributed by atoms with Crippen LogP contribution in [0.3, 0.4) is 0 Å². The van der Waals surface area contributed by atoms with Crippen LogP contribution >= 0.6 is 0 Å². The van der Waals surface area contributed by atoms with Crippen molar-refractivity contribution in [2.24, 2.45) is 0 Å². The molecule has 6 heteroatoms. The lowest BCUT2D eigenvalue weighted by molar-refractivity contribution is 0.174. The molecule has 31 heavy (non-hydrogen) atoms. The molecule has 0 saturated heterocycles. The lowest BCUT2D eigenvalue weighted by atomic mass is 10.1. The smallest absolute Gasteiger partial charge is 0.121 e. The number of rotatable bonds is 10. The number of hydrogen-bond acceptors (Lipinski definition) is 6. The molecule has 166 valence electrons. The molecule has 0 heterocycles. The third kappa shape index (κ3) is 7.00. The summed E-state index contributed by atoms with van der Waals surface area (Å²) < 4.78 is 5.17. The Morgan fingerprint density at radius 2 is 1.58 bits per heavy atom. The Hall–Kier alpha value is -3.06. The second kappa shape index (κ2) is 12.0. The van der Waals surface area contributed by atoms with Gasteiger partial charge in [0.05, 0.1) is 19.8 Å². The summed E-state index contributed by atoms with van der Waals surface area (Å²) >= 11 is 0. The van der Waals surface area contributed by atoms with Crippen LogP contribution in [0.25, 0.3) is 0 Å². The van der Waals surface area contributed by atoms with Gasteiger partial charge in [-0.2, -0.15) is 0 Å². The van der Waals surface area contributed by atoms with E-state index in [9.17, 15) is 15.3 Å². The molecule has 3 aromatic rings. The van der Waals surface area contributed by atoms with Gasteiger partial charge in [0.15, 0.2) is 0 Å². The van der Waals surface area contributed by atoms with E-state index in [2.05, 4.69) is 22.8 Å².